The molecule has 2 aromatic rings. The number of benzene rings is 2. The Kier molecular flexibility index (Phi) is 3.98. The number of aromatic carboxylic acids is 1. The van der Waals surface area contributed by atoms with Crippen LogP contribution >= 0.6 is 0 Å². The van der Waals surface area contributed by atoms with E-state index in [-0.39, 0.29) is 16.7 Å². The molecule has 0 fully saturated rings. The summed E-state index contributed by atoms with van der Waals surface area (Å²) in [6.07, 6.45) is 0. The Bertz CT molecular complexity index is 672. The minimum absolute atomic E-state index is 0.0791. The molecule has 0 radical (unpaired) electrons. The summed E-state index contributed by atoms with van der Waals surface area (Å²) in [7, 11) is 0. The fraction of sp³-hybridized carbons (Fsp3) is 0.235. The first kappa shape index (κ1) is 15.0. The Morgan fingerprint density at radius 1 is 1.14 bits per heavy atom. The van der Waals surface area contributed by atoms with E-state index >= 15 is 0 Å². The first-order valence-electron chi connectivity index (χ1n) is 6.59. The van der Waals surface area contributed by atoms with Gasteiger partial charge in [0.2, 0.25) is 0 Å². The van der Waals surface area contributed by atoms with Crippen LogP contribution in [-0.4, -0.2) is 11.1 Å². The van der Waals surface area contributed by atoms with E-state index in [0.29, 0.717) is 5.75 Å². The molecule has 2 rings (SSSR count). The van der Waals surface area contributed by atoms with Crippen LogP contribution in [0.5, 0.6) is 11.5 Å². The lowest BCUT2D eigenvalue weighted by molar-refractivity contribution is 0.0693. The average molecular weight is 288 g/mol. The van der Waals surface area contributed by atoms with Crippen molar-refractivity contribution in [2.75, 3.05) is 0 Å². The van der Waals surface area contributed by atoms with Gasteiger partial charge in [0.05, 0.1) is 0 Å². The molecule has 21 heavy (non-hydrogen) atoms. The number of carboxylic acid groups (broad SMARTS) is 1. The van der Waals surface area contributed by atoms with Crippen LogP contribution in [0.1, 0.15) is 36.7 Å². The minimum Gasteiger partial charge on any atom is -0.478 e. The molecule has 2 aromatic carbocycles. The molecule has 3 nitrogen and oxygen atoms in total. The van der Waals surface area contributed by atoms with Gasteiger partial charge in [-0.15, -0.1) is 0 Å². The smallest absolute Gasteiger partial charge is 0.339 e. The van der Waals surface area contributed by atoms with Gasteiger partial charge in [-0.2, -0.15) is 0 Å². The Labute approximate surface area is 123 Å². The van der Waals surface area contributed by atoms with Gasteiger partial charge in [-0.3, -0.25) is 0 Å². The Hall–Kier alpha value is -2.36. The standard InChI is InChI=1S/C17H17FO3/c1-17(2,3)11-6-4-7-12(10-11)21-15-13(16(19)20)8-5-9-14(15)18/h4-10H,1-3H3,(H,19,20). The number of carboxylic acids is 1. The lowest BCUT2D eigenvalue weighted by atomic mass is 9.87. The molecule has 0 aromatic heterocycles. The van der Waals surface area contributed by atoms with E-state index in [1.807, 2.05) is 6.07 Å². The van der Waals surface area contributed by atoms with Crippen molar-refractivity contribution in [1.82, 2.24) is 0 Å². The quantitative estimate of drug-likeness (QED) is 0.896. The number of hydrogen-bond acceptors (Lipinski definition) is 2. The monoisotopic (exact) mass is 288 g/mol. The summed E-state index contributed by atoms with van der Waals surface area (Å²) in [6, 6.07) is 11.1. The zero-order valence-electron chi connectivity index (χ0n) is 12.2. The van der Waals surface area contributed by atoms with Crippen LogP contribution in [0.25, 0.3) is 0 Å². The highest BCUT2D eigenvalue weighted by atomic mass is 19.1. The molecular weight excluding hydrogens is 271 g/mol. The lowest BCUT2D eigenvalue weighted by Gasteiger charge is -2.20. The molecule has 0 aliphatic heterocycles. The molecule has 0 spiro atoms. The Balaban J connectivity index is 2.42. The molecule has 0 aliphatic rings. The van der Waals surface area contributed by atoms with Crippen LogP contribution in [0, 0.1) is 5.82 Å². The van der Waals surface area contributed by atoms with E-state index in [0.717, 1.165) is 5.56 Å². The topological polar surface area (TPSA) is 46.5 Å². The predicted molar refractivity (Wildman–Crippen MR) is 78.6 cm³/mol. The molecule has 0 bridgehead atoms. The number of halogens is 1. The van der Waals surface area contributed by atoms with Crippen LogP contribution in [-0.2, 0) is 5.41 Å². The van der Waals surface area contributed by atoms with Crippen molar-refractivity contribution >= 4 is 5.97 Å². The van der Waals surface area contributed by atoms with Crippen LogP contribution in [0.4, 0.5) is 4.39 Å². The fourth-order valence-corrected chi connectivity index (χ4v) is 1.92. The highest BCUT2D eigenvalue weighted by molar-refractivity contribution is 5.91. The summed E-state index contributed by atoms with van der Waals surface area (Å²) < 4.78 is 19.3. The number of para-hydroxylation sites is 1. The highest BCUT2D eigenvalue weighted by Gasteiger charge is 2.18. The van der Waals surface area contributed by atoms with Crippen LogP contribution in [0.3, 0.4) is 0 Å². The van der Waals surface area contributed by atoms with Crippen LogP contribution in [0.15, 0.2) is 42.5 Å². The number of hydrogen-bond donors (Lipinski definition) is 1. The van der Waals surface area contributed by atoms with E-state index < -0.39 is 11.8 Å². The third-order valence-electron chi connectivity index (χ3n) is 3.12. The normalized spacial score (nSPS) is 11.2. The van der Waals surface area contributed by atoms with E-state index in [9.17, 15) is 9.18 Å². The van der Waals surface area contributed by atoms with Gasteiger partial charge >= 0.3 is 5.97 Å². The number of carbonyl (C=O) groups is 1. The van der Waals surface area contributed by atoms with Crippen LogP contribution in [0.2, 0.25) is 0 Å². The summed E-state index contributed by atoms with van der Waals surface area (Å²) in [4.78, 5) is 11.1. The zero-order chi connectivity index (χ0) is 15.6. The molecule has 4 heteroatoms. The van der Waals surface area contributed by atoms with Gasteiger partial charge in [0.25, 0.3) is 0 Å². The summed E-state index contributed by atoms with van der Waals surface area (Å²) in [5.74, 6) is -1.78. The molecule has 0 unspecified atom stereocenters. The van der Waals surface area contributed by atoms with Crippen molar-refractivity contribution in [3.8, 4) is 11.5 Å². The Morgan fingerprint density at radius 2 is 1.81 bits per heavy atom. The summed E-state index contributed by atoms with van der Waals surface area (Å²) >= 11 is 0. The maximum Gasteiger partial charge on any atom is 0.339 e. The third kappa shape index (κ3) is 3.40. The SMILES string of the molecule is CC(C)(C)c1cccc(Oc2c(F)cccc2C(=O)O)c1. The van der Waals surface area contributed by atoms with Gasteiger partial charge in [-0.1, -0.05) is 39.0 Å². The predicted octanol–water partition coefficient (Wildman–Crippen LogP) is 4.61. The van der Waals surface area contributed by atoms with Gasteiger partial charge in [-0.05, 0) is 35.2 Å². The van der Waals surface area contributed by atoms with Gasteiger partial charge in [0.1, 0.15) is 11.3 Å². The van der Waals surface area contributed by atoms with E-state index in [4.69, 9.17) is 9.84 Å². The van der Waals surface area contributed by atoms with Crippen molar-refractivity contribution in [2.45, 2.75) is 26.2 Å². The van der Waals surface area contributed by atoms with Gasteiger partial charge in [-0.25, -0.2) is 9.18 Å². The minimum atomic E-state index is -1.23. The maximum atomic E-state index is 13.8. The van der Waals surface area contributed by atoms with Crippen molar-refractivity contribution in [2.24, 2.45) is 0 Å². The molecule has 110 valence electrons. The average Bonchev–Trinajstić information content (AvgIpc) is 2.40. The first-order valence-corrected chi connectivity index (χ1v) is 6.59. The van der Waals surface area contributed by atoms with Gasteiger partial charge < -0.3 is 9.84 Å². The number of rotatable bonds is 3. The van der Waals surface area contributed by atoms with Crippen molar-refractivity contribution in [3.63, 3.8) is 0 Å². The van der Waals surface area contributed by atoms with Crippen molar-refractivity contribution < 1.29 is 19.0 Å². The zero-order valence-corrected chi connectivity index (χ0v) is 12.2. The largest absolute Gasteiger partial charge is 0.478 e. The van der Waals surface area contributed by atoms with E-state index in [1.54, 1.807) is 18.2 Å². The number of ether oxygens (including phenoxy) is 1. The van der Waals surface area contributed by atoms with Crippen molar-refractivity contribution in [3.05, 3.63) is 59.4 Å². The molecule has 0 heterocycles. The third-order valence-corrected chi connectivity index (χ3v) is 3.12. The molecule has 0 saturated heterocycles. The summed E-state index contributed by atoms with van der Waals surface area (Å²) in [5.41, 5.74) is 0.744. The second kappa shape index (κ2) is 5.56. The van der Waals surface area contributed by atoms with E-state index in [1.165, 1.54) is 18.2 Å². The first-order chi connectivity index (χ1) is 9.79. The summed E-state index contributed by atoms with van der Waals surface area (Å²) in [6.45, 7) is 6.16. The molecule has 0 amide bonds. The van der Waals surface area contributed by atoms with Crippen molar-refractivity contribution in [1.29, 1.82) is 0 Å². The lowest BCUT2D eigenvalue weighted by Crippen LogP contribution is -2.10. The molecule has 0 saturated carbocycles. The fourth-order valence-electron chi connectivity index (χ4n) is 1.92. The Morgan fingerprint density at radius 3 is 2.43 bits per heavy atom. The summed E-state index contributed by atoms with van der Waals surface area (Å²) in [5, 5.41) is 9.11. The highest BCUT2D eigenvalue weighted by Crippen LogP contribution is 2.31. The molecule has 0 aliphatic carbocycles. The molecule has 0 atom stereocenters. The van der Waals surface area contributed by atoms with Crippen LogP contribution < -0.4 is 4.74 Å². The molecule has 1 N–H and O–H groups in total. The maximum absolute atomic E-state index is 13.8. The molecular formula is C17H17FO3. The second-order valence-electron chi connectivity index (χ2n) is 5.80. The van der Waals surface area contributed by atoms with Gasteiger partial charge in [0, 0.05) is 0 Å². The second-order valence-corrected chi connectivity index (χ2v) is 5.80. The van der Waals surface area contributed by atoms with Gasteiger partial charge in [0.15, 0.2) is 11.6 Å². The van der Waals surface area contributed by atoms with E-state index in [2.05, 4.69) is 20.8 Å².